The summed E-state index contributed by atoms with van der Waals surface area (Å²) in [6.07, 6.45) is 0. The van der Waals surface area contributed by atoms with Gasteiger partial charge in [-0.05, 0) is 19.1 Å². The van der Waals surface area contributed by atoms with Crippen LogP contribution in [-0.2, 0) is 9.59 Å². The van der Waals surface area contributed by atoms with Gasteiger partial charge in [0.2, 0.25) is 11.8 Å². The van der Waals surface area contributed by atoms with E-state index in [1.54, 1.807) is 19.9 Å². The maximum absolute atomic E-state index is 11.7. The molecule has 6 nitrogen and oxygen atoms in total. The lowest BCUT2D eigenvalue weighted by Gasteiger charge is -2.09. The lowest BCUT2D eigenvalue weighted by atomic mass is 10.2. The summed E-state index contributed by atoms with van der Waals surface area (Å²) in [5.74, 6) is -0.661. The van der Waals surface area contributed by atoms with E-state index in [4.69, 9.17) is 0 Å². The number of rotatable bonds is 7. The Bertz CT molecular complexity index is 511. The molecule has 1 aromatic rings. The van der Waals surface area contributed by atoms with E-state index in [9.17, 15) is 14.4 Å². The molecule has 1 aromatic heterocycles. The van der Waals surface area contributed by atoms with E-state index in [-0.39, 0.29) is 30.2 Å². The highest BCUT2D eigenvalue weighted by molar-refractivity contribution is 7.13. The molecule has 0 atom stereocenters. The van der Waals surface area contributed by atoms with Crippen LogP contribution < -0.4 is 16.0 Å². The van der Waals surface area contributed by atoms with Gasteiger partial charge in [0.25, 0.3) is 5.91 Å². The number of hydrogen-bond acceptors (Lipinski definition) is 4. The number of nitrogens with one attached hydrogen (secondary N) is 3. The molecule has 0 saturated heterocycles. The predicted octanol–water partition coefficient (Wildman–Crippen LogP) is 0.675. The van der Waals surface area contributed by atoms with Crippen molar-refractivity contribution in [1.82, 2.24) is 16.0 Å². The molecule has 1 rings (SSSR count). The van der Waals surface area contributed by atoms with Gasteiger partial charge in [-0.25, -0.2) is 0 Å². The van der Waals surface area contributed by atoms with Gasteiger partial charge in [0.15, 0.2) is 0 Å². The van der Waals surface area contributed by atoms with Crippen LogP contribution in [0.3, 0.4) is 0 Å². The monoisotopic (exact) mass is 311 g/mol. The number of carbonyl (C=O) groups is 3. The van der Waals surface area contributed by atoms with Crippen molar-refractivity contribution in [2.45, 2.75) is 20.8 Å². The van der Waals surface area contributed by atoms with Gasteiger partial charge in [-0.1, -0.05) is 13.8 Å². The molecule has 0 saturated carbocycles. The summed E-state index contributed by atoms with van der Waals surface area (Å²) in [6, 6.07) is 3.59. The van der Waals surface area contributed by atoms with E-state index in [1.165, 1.54) is 11.3 Å². The highest BCUT2D eigenvalue weighted by atomic mass is 32.1. The van der Waals surface area contributed by atoms with Crippen molar-refractivity contribution in [2.75, 3.05) is 19.6 Å². The Morgan fingerprint density at radius 3 is 2.33 bits per heavy atom. The summed E-state index contributed by atoms with van der Waals surface area (Å²) < 4.78 is 0. The van der Waals surface area contributed by atoms with Crippen LogP contribution in [0.5, 0.6) is 0 Å². The van der Waals surface area contributed by atoms with Gasteiger partial charge in [0, 0.05) is 23.9 Å². The lowest BCUT2D eigenvalue weighted by molar-refractivity contribution is -0.124. The minimum Gasteiger partial charge on any atom is -0.354 e. The van der Waals surface area contributed by atoms with Crippen LogP contribution in [-0.4, -0.2) is 37.4 Å². The lowest BCUT2D eigenvalue weighted by Crippen LogP contribution is -2.40. The molecule has 116 valence electrons. The number of aryl methyl sites for hydroxylation is 1. The Labute approximate surface area is 128 Å². The van der Waals surface area contributed by atoms with Crippen LogP contribution in [0.1, 0.15) is 28.4 Å². The van der Waals surface area contributed by atoms with Crippen molar-refractivity contribution < 1.29 is 14.4 Å². The summed E-state index contributed by atoms with van der Waals surface area (Å²) in [5.41, 5.74) is 0. The zero-order valence-corrected chi connectivity index (χ0v) is 13.3. The maximum atomic E-state index is 11.7. The van der Waals surface area contributed by atoms with Crippen LogP contribution in [0.2, 0.25) is 0 Å². The largest absolute Gasteiger partial charge is 0.354 e. The second-order valence-electron chi connectivity index (χ2n) is 4.89. The molecule has 0 aliphatic heterocycles. The quantitative estimate of drug-likeness (QED) is 0.647. The summed E-state index contributed by atoms with van der Waals surface area (Å²) in [4.78, 5) is 36.2. The zero-order chi connectivity index (χ0) is 15.8. The molecule has 21 heavy (non-hydrogen) atoms. The van der Waals surface area contributed by atoms with E-state index in [0.29, 0.717) is 18.0 Å². The van der Waals surface area contributed by atoms with E-state index in [0.717, 1.165) is 4.88 Å². The zero-order valence-electron chi connectivity index (χ0n) is 12.5. The van der Waals surface area contributed by atoms with Gasteiger partial charge in [-0.15, -0.1) is 11.3 Å². The van der Waals surface area contributed by atoms with E-state index in [2.05, 4.69) is 16.0 Å². The average molecular weight is 311 g/mol. The van der Waals surface area contributed by atoms with Crippen molar-refractivity contribution >= 4 is 29.1 Å². The SMILES string of the molecule is Cc1ccc(C(=O)NCC(=O)NCCNC(=O)C(C)C)s1. The topological polar surface area (TPSA) is 87.3 Å². The van der Waals surface area contributed by atoms with Gasteiger partial charge in [-0.3, -0.25) is 14.4 Å². The molecule has 0 bridgehead atoms. The van der Waals surface area contributed by atoms with E-state index < -0.39 is 0 Å². The maximum Gasteiger partial charge on any atom is 0.261 e. The number of thiophene rings is 1. The fraction of sp³-hybridized carbons (Fsp3) is 0.500. The molecule has 0 aliphatic carbocycles. The first-order chi connectivity index (χ1) is 9.90. The van der Waals surface area contributed by atoms with Crippen molar-refractivity contribution in [2.24, 2.45) is 5.92 Å². The van der Waals surface area contributed by atoms with Gasteiger partial charge in [0.1, 0.15) is 0 Å². The molecule has 0 radical (unpaired) electrons. The van der Waals surface area contributed by atoms with E-state index in [1.807, 2.05) is 13.0 Å². The Morgan fingerprint density at radius 1 is 1.10 bits per heavy atom. The second-order valence-corrected chi connectivity index (χ2v) is 6.18. The Morgan fingerprint density at radius 2 is 1.76 bits per heavy atom. The third-order valence-corrected chi connectivity index (χ3v) is 3.64. The second kappa shape index (κ2) is 8.41. The van der Waals surface area contributed by atoms with Crippen molar-refractivity contribution in [1.29, 1.82) is 0 Å². The smallest absolute Gasteiger partial charge is 0.261 e. The molecule has 1 heterocycles. The summed E-state index contributed by atoms with van der Waals surface area (Å²) in [7, 11) is 0. The van der Waals surface area contributed by atoms with Crippen LogP contribution in [0.15, 0.2) is 12.1 Å². The van der Waals surface area contributed by atoms with Crippen LogP contribution in [0, 0.1) is 12.8 Å². The Balaban J connectivity index is 2.17. The third-order valence-electron chi connectivity index (χ3n) is 2.64. The molecule has 0 spiro atoms. The van der Waals surface area contributed by atoms with Gasteiger partial charge in [0.05, 0.1) is 11.4 Å². The molecular weight excluding hydrogens is 290 g/mol. The van der Waals surface area contributed by atoms with Gasteiger partial charge < -0.3 is 16.0 Å². The van der Waals surface area contributed by atoms with Crippen molar-refractivity contribution in [3.05, 3.63) is 21.9 Å². The van der Waals surface area contributed by atoms with Crippen LogP contribution in [0.4, 0.5) is 0 Å². The minimum absolute atomic E-state index is 0.0504. The highest BCUT2D eigenvalue weighted by Gasteiger charge is 2.10. The highest BCUT2D eigenvalue weighted by Crippen LogP contribution is 2.14. The number of amides is 3. The molecule has 3 N–H and O–H groups in total. The fourth-order valence-electron chi connectivity index (χ4n) is 1.46. The number of hydrogen-bond donors (Lipinski definition) is 3. The third kappa shape index (κ3) is 6.40. The Kier molecular flexibility index (Phi) is 6.87. The Hall–Kier alpha value is -1.89. The fourth-order valence-corrected chi connectivity index (χ4v) is 2.24. The normalized spacial score (nSPS) is 10.3. The first-order valence-corrected chi connectivity index (χ1v) is 7.61. The predicted molar refractivity (Wildman–Crippen MR) is 82.2 cm³/mol. The molecule has 7 heteroatoms. The minimum atomic E-state index is -0.282. The van der Waals surface area contributed by atoms with Crippen molar-refractivity contribution in [3.8, 4) is 0 Å². The molecule has 0 aromatic carbocycles. The van der Waals surface area contributed by atoms with Crippen LogP contribution >= 0.6 is 11.3 Å². The summed E-state index contributed by atoms with van der Waals surface area (Å²) in [5, 5.41) is 7.87. The van der Waals surface area contributed by atoms with Crippen molar-refractivity contribution in [3.63, 3.8) is 0 Å². The standard InChI is InChI=1S/C14H21N3O3S/c1-9(2)13(19)16-7-6-15-12(18)8-17-14(20)11-5-4-10(3)21-11/h4-5,9H,6-8H2,1-3H3,(H,15,18)(H,16,19)(H,17,20). The van der Waals surface area contributed by atoms with Crippen LogP contribution in [0.25, 0.3) is 0 Å². The van der Waals surface area contributed by atoms with Gasteiger partial charge in [-0.2, -0.15) is 0 Å². The summed E-state index contributed by atoms with van der Waals surface area (Å²) >= 11 is 1.38. The molecule has 3 amide bonds. The molecule has 0 fully saturated rings. The molecule has 0 unspecified atom stereocenters. The summed E-state index contributed by atoms with van der Waals surface area (Å²) in [6.45, 7) is 6.16. The molecular formula is C14H21N3O3S. The first kappa shape index (κ1) is 17.2. The average Bonchev–Trinajstić information content (AvgIpc) is 2.87. The number of carbonyl (C=O) groups excluding carboxylic acids is 3. The van der Waals surface area contributed by atoms with E-state index >= 15 is 0 Å². The first-order valence-electron chi connectivity index (χ1n) is 6.79. The van der Waals surface area contributed by atoms with Gasteiger partial charge >= 0.3 is 0 Å². The molecule has 0 aliphatic rings.